The quantitative estimate of drug-likeness (QED) is 0.117. The topological polar surface area (TPSA) is 61.9 Å². The zero-order valence-electron chi connectivity index (χ0n) is 30.3. The minimum Gasteiger partial charge on any atom is -0.303 e. The van der Waals surface area contributed by atoms with Crippen LogP contribution in [0.5, 0.6) is 0 Å². The van der Waals surface area contributed by atoms with Crippen molar-refractivity contribution in [3.05, 3.63) is 227 Å². The molecule has 0 aliphatic carbocycles. The van der Waals surface area contributed by atoms with E-state index in [2.05, 4.69) is 134 Å². The lowest BCUT2D eigenvalue weighted by molar-refractivity contribution is -0.113. The number of hydrogen-bond donors (Lipinski definition) is 0. The van der Waals surface area contributed by atoms with Crippen LogP contribution in [-0.2, 0) is 16.9 Å². The zero-order chi connectivity index (χ0) is 37.4. The molecule has 0 N–H and O–H groups in total. The van der Waals surface area contributed by atoms with E-state index >= 15 is 0 Å². The zero-order valence-corrected chi connectivity index (χ0v) is 30.3. The van der Waals surface area contributed by atoms with Crippen LogP contribution in [0.15, 0.2) is 182 Å². The number of anilines is 1. The Labute approximate surface area is 320 Å². The van der Waals surface area contributed by atoms with Gasteiger partial charge in [-0.1, -0.05) is 158 Å². The van der Waals surface area contributed by atoms with Crippen LogP contribution in [0.2, 0.25) is 0 Å². The number of nitrogens with zero attached hydrogens (tertiary/aromatic N) is 4. The highest BCUT2D eigenvalue weighted by atomic mass is 16.2. The van der Waals surface area contributed by atoms with Crippen LogP contribution in [0.1, 0.15) is 44.5 Å². The van der Waals surface area contributed by atoms with Crippen molar-refractivity contribution in [3.63, 3.8) is 0 Å². The normalized spacial score (nSPS) is 13.3. The first-order chi connectivity index (χ1) is 27.1. The van der Waals surface area contributed by atoms with Gasteiger partial charge < -0.3 is 4.90 Å². The van der Waals surface area contributed by atoms with Gasteiger partial charge in [0.05, 0.1) is 30.1 Å². The highest BCUT2D eigenvalue weighted by molar-refractivity contribution is 6.36. The highest BCUT2D eigenvalue weighted by Gasteiger charge is 2.40. The maximum Gasteiger partial charge on any atom is 0.259 e. The van der Waals surface area contributed by atoms with Crippen molar-refractivity contribution in [2.75, 3.05) is 4.90 Å². The molecule has 0 saturated carbocycles. The van der Waals surface area contributed by atoms with Gasteiger partial charge in [0.25, 0.3) is 5.91 Å². The van der Waals surface area contributed by atoms with Gasteiger partial charge in [0, 0.05) is 22.9 Å². The molecule has 1 aliphatic rings. The van der Waals surface area contributed by atoms with Crippen molar-refractivity contribution in [3.8, 4) is 17.2 Å². The molecule has 0 atom stereocenters. The number of carbonyl (C=O) groups is 1. The summed E-state index contributed by atoms with van der Waals surface area (Å²) in [6, 6.07) is 60.0. The largest absolute Gasteiger partial charge is 0.303 e. The van der Waals surface area contributed by atoms with Crippen molar-refractivity contribution in [2.45, 2.75) is 19.0 Å². The Morgan fingerprint density at radius 1 is 0.673 bits per heavy atom. The van der Waals surface area contributed by atoms with Crippen LogP contribution >= 0.6 is 0 Å². The van der Waals surface area contributed by atoms with Crippen LogP contribution < -0.4 is 4.90 Å². The first kappa shape index (κ1) is 33.5. The van der Waals surface area contributed by atoms with E-state index in [1.807, 2.05) is 76.5 Å². The fourth-order valence-corrected chi connectivity index (χ4v) is 8.25. The molecule has 7 aromatic carbocycles. The summed E-state index contributed by atoms with van der Waals surface area (Å²) in [7, 11) is 0. The molecule has 0 bridgehead atoms. The molecular weight excluding hydrogens is 673 g/mol. The summed E-state index contributed by atoms with van der Waals surface area (Å²) in [4.78, 5) is 16.8. The lowest BCUT2D eigenvalue weighted by atomic mass is 9.77. The Kier molecular flexibility index (Phi) is 8.49. The molecule has 8 aromatic rings. The van der Waals surface area contributed by atoms with Gasteiger partial charge in [-0.05, 0) is 74.8 Å². The SMILES string of the molecule is Cc1c(-c2ccc(C#N)cc2)ccc2c1N(Cc1cccc3ccccc13)C(=O)C2=Cc1cnn(C(c2ccccc2)(c2ccccc2)c2ccccc2)c1. The summed E-state index contributed by atoms with van der Waals surface area (Å²) in [6.07, 6.45) is 5.90. The van der Waals surface area contributed by atoms with Crippen molar-refractivity contribution < 1.29 is 4.79 Å². The van der Waals surface area contributed by atoms with Crippen LogP contribution in [0, 0.1) is 18.3 Å². The third-order valence-electron chi connectivity index (χ3n) is 10.8. The molecule has 0 unspecified atom stereocenters. The second-order valence-corrected chi connectivity index (χ2v) is 13.9. The fourth-order valence-electron chi connectivity index (χ4n) is 8.25. The second kappa shape index (κ2) is 13.9. The number of benzene rings is 7. The molecular formula is C50H36N4O. The van der Waals surface area contributed by atoms with E-state index in [0.29, 0.717) is 17.7 Å². The van der Waals surface area contributed by atoms with Gasteiger partial charge in [-0.2, -0.15) is 10.4 Å². The standard InChI is InChI=1S/C50H36N4O/c1-35-44(39-26-24-36(31-51)25-27-39)28-29-46-47(49(55)53(48(35)46)34-40-16-13-15-38-14-11-12-23-45(38)40)30-37-32-52-54(33-37)50(41-17-5-2-6-18-41,42-19-7-3-8-20-42)43-21-9-4-10-22-43/h2-30,32-33H,34H2,1H3. The molecule has 5 heteroatoms. The molecule has 262 valence electrons. The van der Waals surface area contributed by atoms with Gasteiger partial charge in [0.2, 0.25) is 0 Å². The number of aromatic nitrogens is 2. The second-order valence-electron chi connectivity index (χ2n) is 13.9. The average Bonchev–Trinajstić information content (AvgIpc) is 3.82. The van der Waals surface area contributed by atoms with Crippen LogP contribution in [-0.4, -0.2) is 15.7 Å². The summed E-state index contributed by atoms with van der Waals surface area (Å²) in [6.45, 7) is 2.51. The number of nitriles is 1. The van der Waals surface area contributed by atoms with E-state index < -0.39 is 5.54 Å². The van der Waals surface area contributed by atoms with Crippen LogP contribution in [0.3, 0.4) is 0 Å². The highest BCUT2D eigenvalue weighted by Crippen LogP contribution is 2.45. The Morgan fingerprint density at radius 2 is 1.25 bits per heavy atom. The molecule has 2 heterocycles. The van der Waals surface area contributed by atoms with Crippen molar-refractivity contribution in [1.29, 1.82) is 5.26 Å². The first-order valence-corrected chi connectivity index (χ1v) is 18.4. The Bertz CT molecular complexity index is 2660. The fraction of sp³-hybridized carbons (Fsp3) is 0.0600. The average molecular weight is 709 g/mol. The van der Waals surface area contributed by atoms with Gasteiger partial charge in [-0.15, -0.1) is 0 Å². The number of fused-ring (bicyclic) bond motifs is 2. The van der Waals surface area contributed by atoms with Gasteiger partial charge >= 0.3 is 0 Å². The first-order valence-electron chi connectivity index (χ1n) is 18.4. The Morgan fingerprint density at radius 3 is 1.89 bits per heavy atom. The van der Waals surface area contributed by atoms with Crippen LogP contribution in [0.4, 0.5) is 5.69 Å². The van der Waals surface area contributed by atoms with Crippen molar-refractivity contribution in [2.24, 2.45) is 0 Å². The minimum atomic E-state index is -0.773. The molecule has 0 radical (unpaired) electrons. The van der Waals surface area contributed by atoms with Gasteiger partial charge in [0.15, 0.2) is 0 Å². The number of amides is 1. The summed E-state index contributed by atoms with van der Waals surface area (Å²) in [5.41, 5.74) is 10.4. The predicted octanol–water partition coefficient (Wildman–Crippen LogP) is 10.8. The molecule has 1 aliphatic heterocycles. The molecule has 1 aromatic heterocycles. The van der Waals surface area contributed by atoms with E-state index in [0.717, 1.165) is 66.5 Å². The third-order valence-corrected chi connectivity index (χ3v) is 10.8. The smallest absolute Gasteiger partial charge is 0.259 e. The lowest BCUT2D eigenvalue weighted by Gasteiger charge is -2.36. The van der Waals surface area contributed by atoms with E-state index in [9.17, 15) is 10.1 Å². The minimum absolute atomic E-state index is 0.0591. The maximum absolute atomic E-state index is 14.9. The molecule has 9 rings (SSSR count). The molecule has 1 amide bonds. The summed E-state index contributed by atoms with van der Waals surface area (Å²) in [5, 5.41) is 16.8. The number of carbonyl (C=O) groups excluding carboxylic acids is 1. The van der Waals surface area contributed by atoms with Gasteiger partial charge in [0.1, 0.15) is 5.54 Å². The number of hydrogen-bond acceptors (Lipinski definition) is 3. The van der Waals surface area contributed by atoms with Crippen LogP contribution in [0.25, 0.3) is 33.5 Å². The lowest BCUT2D eigenvalue weighted by Crippen LogP contribution is -2.38. The predicted molar refractivity (Wildman–Crippen MR) is 221 cm³/mol. The third kappa shape index (κ3) is 5.72. The summed E-state index contributed by atoms with van der Waals surface area (Å²) in [5.74, 6) is -0.0591. The van der Waals surface area contributed by atoms with E-state index in [1.54, 1.807) is 0 Å². The molecule has 0 spiro atoms. The van der Waals surface area contributed by atoms with Crippen molar-refractivity contribution in [1.82, 2.24) is 9.78 Å². The molecule has 0 saturated heterocycles. The Balaban J connectivity index is 1.21. The van der Waals surface area contributed by atoms with E-state index in [-0.39, 0.29) is 5.91 Å². The monoisotopic (exact) mass is 708 g/mol. The molecule has 5 nitrogen and oxygen atoms in total. The summed E-state index contributed by atoms with van der Waals surface area (Å²) < 4.78 is 2.03. The number of rotatable bonds is 8. The Hall–Kier alpha value is -7.29. The van der Waals surface area contributed by atoms with Gasteiger partial charge in [-0.3, -0.25) is 9.48 Å². The maximum atomic E-state index is 14.9. The molecule has 0 fully saturated rings. The molecule has 55 heavy (non-hydrogen) atoms. The van der Waals surface area contributed by atoms with Crippen molar-refractivity contribution >= 4 is 34.0 Å². The van der Waals surface area contributed by atoms with Gasteiger partial charge in [-0.25, -0.2) is 0 Å². The summed E-state index contributed by atoms with van der Waals surface area (Å²) >= 11 is 0. The van der Waals surface area contributed by atoms with E-state index in [4.69, 9.17) is 5.10 Å². The van der Waals surface area contributed by atoms with E-state index in [1.165, 1.54) is 0 Å².